The summed E-state index contributed by atoms with van der Waals surface area (Å²) in [6.07, 6.45) is 11.7. The second-order valence-electron chi connectivity index (χ2n) is 9.54. The van der Waals surface area contributed by atoms with Gasteiger partial charge in [-0.1, -0.05) is 0 Å². The largest absolute Gasteiger partial charge is 0.361 e. The van der Waals surface area contributed by atoms with Crippen molar-refractivity contribution < 1.29 is 0 Å². The van der Waals surface area contributed by atoms with Gasteiger partial charge in [-0.3, -0.25) is 9.88 Å². The number of nitriles is 1. The maximum Gasteiger partial charge on any atom is 0.107 e. The average Bonchev–Trinajstić information content (AvgIpc) is 3.55. The zero-order chi connectivity index (χ0) is 25.1. The zero-order valence-electron chi connectivity index (χ0n) is 21.0. The molecular weight excluding hydrogens is 466 g/mol. The van der Waals surface area contributed by atoms with Crippen LogP contribution in [0.1, 0.15) is 40.2 Å². The molecule has 1 aromatic carbocycles. The third-order valence-corrected chi connectivity index (χ3v) is 7.86. The SMILES string of the molecule is Cc1c(Nc2c(C#N)cncc2/C=C/c2csc(CN3CCC(N(C)C)CC3)n2)ccc2[nH]ccc12. The molecule has 0 atom stereocenters. The first-order valence-corrected chi connectivity index (χ1v) is 13.1. The van der Waals surface area contributed by atoms with Crippen molar-refractivity contribution in [2.24, 2.45) is 0 Å². The average molecular weight is 498 g/mol. The highest BCUT2D eigenvalue weighted by Crippen LogP contribution is 2.31. The summed E-state index contributed by atoms with van der Waals surface area (Å²) in [5.74, 6) is 0. The van der Waals surface area contributed by atoms with E-state index in [1.165, 1.54) is 12.8 Å². The van der Waals surface area contributed by atoms with E-state index < -0.39 is 0 Å². The molecule has 1 aliphatic heterocycles. The normalized spacial score (nSPS) is 15.2. The van der Waals surface area contributed by atoms with Crippen LogP contribution in [0.4, 0.5) is 11.4 Å². The van der Waals surface area contributed by atoms with Crippen molar-refractivity contribution in [3.8, 4) is 6.07 Å². The Morgan fingerprint density at radius 3 is 2.83 bits per heavy atom. The summed E-state index contributed by atoms with van der Waals surface area (Å²) in [6.45, 7) is 5.21. The molecule has 1 saturated heterocycles. The third-order valence-electron chi connectivity index (χ3n) is 7.01. The number of hydrogen-bond acceptors (Lipinski definition) is 7. The van der Waals surface area contributed by atoms with Gasteiger partial charge in [-0.15, -0.1) is 11.3 Å². The lowest BCUT2D eigenvalue weighted by Gasteiger charge is -2.34. The zero-order valence-corrected chi connectivity index (χ0v) is 21.8. The summed E-state index contributed by atoms with van der Waals surface area (Å²) >= 11 is 1.70. The maximum absolute atomic E-state index is 9.74. The second kappa shape index (κ2) is 10.6. The Hall–Kier alpha value is -3.51. The Balaban J connectivity index is 1.32. The highest BCUT2D eigenvalue weighted by molar-refractivity contribution is 7.09. The van der Waals surface area contributed by atoms with Gasteiger partial charge in [-0.2, -0.15) is 5.26 Å². The number of aromatic nitrogens is 3. The molecule has 4 heterocycles. The molecule has 0 bridgehead atoms. The van der Waals surface area contributed by atoms with Crippen LogP contribution >= 0.6 is 11.3 Å². The molecule has 8 heteroatoms. The predicted octanol–water partition coefficient (Wildman–Crippen LogP) is 5.64. The smallest absolute Gasteiger partial charge is 0.107 e. The van der Waals surface area contributed by atoms with E-state index in [0.717, 1.165) is 63.7 Å². The summed E-state index contributed by atoms with van der Waals surface area (Å²) < 4.78 is 0. The molecule has 0 saturated carbocycles. The lowest BCUT2D eigenvalue weighted by atomic mass is 10.0. The molecule has 0 unspecified atom stereocenters. The molecule has 1 fully saturated rings. The second-order valence-corrected chi connectivity index (χ2v) is 10.5. The Kier molecular flexibility index (Phi) is 7.14. The lowest BCUT2D eigenvalue weighted by Crippen LogP contribution is -2.41. The van der Waals surface area contributed by atoms with Crippen LogP contribution in [0, 0.1) is 18.3 Å². The first kappa shape index (κ1) is 24.2. The fraction of sp³-hybridized carbons (Fsp3) is 0.321. The number of hydrogen-bond donors (Lipinski definition) is 2. The molecule has 2 N–H and O–H groups in total. The van der Waals surface area contributed by atoms with E-state index in [4.69, 9.17) is 4.98 Å². The minimum absolute atomic E-state index is 0.505. The van der Waals surface area contributed by atoms with Gasteiger partial charge < -0.3 is 15.2 Å². The Labute approximate surface area is 216 Å². The van der Waals surface area contributed by atoms with Gasteiger partial charge in [0.1, 0.15) is 11.1 Å². The summed E-state index contributed by atoms with van der Waals surface area (Å²) in [7, 11) is 4.34. The van der Waals surface area contributed by atoms with E-state index in [9.17, 15) is 5.26 Å². The highest BCUT2D eigenvalue weighted by atomic mass is 32.1. The lowest BCUT2D eigenvalue weighted by molar-refractivity contribution is 0.140. The van der Waals surface area contributed by atoms with Crippen LogP contribution in [0.2, 0.25) is 0 Å². The van der Waals surface area contributed by atoms with Crippen molar-refractivity contribution in [3.05, 3.63) is 69.6 Å². The molecule has 36 heavy (non-hydrogen) atoms. The number of pyridine rings is 1. The number of piperidine rings is 1. The van der Waals surface area contributed by atoms with Crippen LogP contribution in [-0.4, -0.2) is 58.0 Å². The predicted molar refractivity (Wildman–Crippen MR) is 148 cm³/mol. The number of nitrogens with one attached hydrogen (secondary N) is 2. The first-order chi connectivity index (χ1) is 17.5. The van der Waals surface area contributed by atoms with Crippen LogP contribution < -0.4 is 5.32 Å². The number of H-pyrrole nitrogens is 1. The van der Waals surface area contributed by atoms with Gasteiger partial charge >= 0.3 is 0 Å². The fourth-order valence-corrected chi connectivity index (χ4v) is 5.62. The summed E-state index contributed by atoms with van der Waals surface area (Å²) in [6, 6.07) is 9.12. The number of aromatic amines is 1. The number of nitrogens with zero attached hydrogens (tertiary/aromatic N) is 5. The fourth-order valence-electron chi connectivity index (χ4n) is 4.82. The Morgan fingerprint density at radius 1 is 1.22 bits per heavy atom. The monoisotopic (exact) mass is 497 g/mol. The minimum atomic E-state index is 0.505. The molecule has 3 aromatic heterocycles. The first-order valence-electron chi connectivity index (χ1n) is 12.2. The number of thiazole rings is 1. The summed E-state index contributed by atoms with van der Waals surface area (Å²) in [5, 5.41) is 17.6. The van der Waals surface area contributed by atoms with Gasteiger partial charge in [0.15, 0.2) is 0 Å². The minimum Gasteiger partial charge on any atom is -0.361 e. The van der Waals surface area contributed by atoms with Crippen LogP contribution in [0.5, 0.6) is 0 Å². The highest BCUT2D eigenvalue weighted by Gasteiger charge is 2.21. The summed E-state index contributed by atoms with van der Waals surface area (Å²) in [4.78, 5) is 17.2. The van der Waals surface area contributed by atoms with Gasteiger partial charge in [0, 0.05) is 65.3 Å². The molecule has 1 aliphatic rings. The van der Waals surface area contributed by atoms with Crippen molar-refractivity contribution in [2.45, 2.75) is 32.4 Å². The maximum atomic E-state index is 9.74. The molecule has 184 valence electrons. The van der Waals surface area contributed by atoms with Gasteiger partial charge in [0.05, 0.1) is 23.5 Å². The number of fused-ring (bicyclic) bond motifs is 1. The quantitative estimate of drug-likeness (QED) is 0.344. The van der Waals surface area contributed by atoms with E-state index >= 15 is 0 Å². The van der Waals surface area contributed by atoms with Crippen LogP contribution in [0.3, 0.4) is 0 Å². The van der Waals surface area contributed by atoms with Gasteiger partial charge in [0.2, 0.25) is 0 Å². The molecule has 5 rings (SSSR count). The Bertz CT molecular complexity index is 1420. The summed E-state index contributed by atoms with van der Waals surface area (Å²) in [5.41, 5.74) is 6.22. The Morgan fingerprint density at radius 2 is 2.06 bits per heavy atom. The van der Waals surface area contributed by atoms with Crippen LogP contribution in [0.25, 0.3) is 23.1 Å². The van der Waals surface area contributed by atoms with Gasteiger partial charge in [-0.25, -0.2) is 4.98 Å². The van der Waals surface area contributed by atoms with E-state index in [2.05, 4.69) is 63.6 Å². The number of benzene rings is 1. The molecule has 4 aromatic rings. The topological polar surface area (TPSA) is 83.9 Å². The molecule has 0 radical (unpaired) electrons. The molecule has 7 nitrogen and oxygen atoms in total. The van der Waals surface area contributed by atoms with E-state index in [-0.39, 0.29) is 0 Å². The standard InChI is InChI=1S/C28H31N7S/c1-19-24-8-11-31-26(24)7-6-25(19)33-28-20(15-30-16-21(28)14-29)4-5-22-18-36-27(32-22)17-35-12-9-23(10-13-35)34(2)3/h4-8,11,15-16,18,23,31H,9-10,12-13,17H2,1-3H3,(H,30,33)/b5-4+. The molecule has 0 aliphatic carbocycles. The van der Waals surface area contributed by atoms with Crippen molar-refractivity contribution in [1.29, 1.82) is 5.26 Å². The number of anilines is 2. The molecule has 0 spiro atoms. The van der Waals surface area contributed by atoms with Crippen LogP contribution in [0.15, 0.2) is 42.2 Å². The van der Waals surface area contributed by atoms with Crippen molar-refractivity contribution in [1.82, 2.24) is 24.8 Å². The molecular formula is C28H31N7S. The van der Waals surface area contributed by atoms with E-state index in [1.807, 2.05) is 30.5 Å². The van der Waals surface area contributed by atoms with E-state index in [0.29, 0.717) is 11.6 Å². The van der Waals surface area contributed by atoms with E-state index in [1.54, 1.807) is 23.7 Å². The number of rotatable bonds is 7. The van der Waals surface area contributed by atoms with Crippen molar-refractivity contribution >= 4 is 45.8 Å². The molecule has 0 amide bonds. The van der Waals surface area contributed by atoms with Crippen LogP contribution in [-0.2, 0) is 6.54 Å². The van der Waals surface area contributed by atoms with Crippen molar-refractivity contribution in [2.75, 3.05) is 32.5 Å². The third kappa shape index (κ3) is 5.19. The van der Waals surface area contributed by atoms with Gasteiger partial charge in [0.25, 0.3) is 0 Å². The van der Waals surface area contributed by atoms with Crippen molar-refractivity contribution in [3.63, 3.8) is 0 Å². The van der Waals surface area contributed by atoms with Gasteiger partial charge in [-0.05, 0) is 69.8 Å². The number of aryl methyl sites for hydroxylation is 1. The number of likely N-dealkylation sites (tertiary alicyclic amines) is 1.